The summed E-state index contributed by atoms with van der Waals surface area (Å²) in [6, 6.07) is 6.43. The first-order valence-corrected chi connectivity index (χ1v) is 6.62. The van der Waals surface area contributed by atoms with Crippen molar-refractivity contribution in [1.82, 2.24) is 0 Å². The van der Waals surface area contributed by atoms with E-state index in [0.717, 1.165) is 28.4 Å². The maximum Gasteiger partial charge on any atom is 0.122 e. The summed E-state index contributed by atoms with van der Waals surface area (Å²) >= 11 is 3.48. The number of ether oxygens (including phenoxy) is 2. The number of rotatable bonds is 6. The summed E-state index contributed by atoms with van der Waals surface area (Å²) in [5.74, 6) is 1.61. The van der Waals surface area contributed by atoms with Gasteiger partial charge in [-0.2, -0.15) is 0 Å². The minimum absolute atomic E-state index is 0.402. The van der Waals surface area contributed by atoms with Gasteiger partial charge in [0.15, 0.2) is 0 Å². The maximum absolute atomic E-state index is 5.26. The lowest BCUT2D eigenvalue weighted by atomic mass is 10.2. The molecule has 1 fully saturated rings. The second kappa shape index (κ2) is 5.74. The van der Waals surface area contributed by atoms with Gasteiger partial charge in [0.25, 0.3) is 0 Å². The summed E-state index contributed by atoms with van der Waals surface area (Å²) in [5.41, 5.74) is 1.07. The first kappa shape index (κ1) is 12.7. The number of nitrogens with one attached hydrogen (secondary N) is 1. The van der Waals surface area contributed by atoms with Crippen molar-refractivity contribution in [2.24, 2.45) is 5.92 Å². The number of hydrogen-bond acceptors (Lipinski definition) is 3. The zero-order valence-corrected chi connectivity index (χ0v) is 11.8. The van der Waals surface area contributed by atoms with E-state index in [2.05, 4.69) is 27.3 Å². The molecule has 17 heavy (non-hydrogen) atoms. The van der Waals surface area contributed by atoms with Crippen molar-refractivity contribution in [2.45, 2.75) is 18.9 Å². The fourth-order valence-corrected chi connectivity index (χ4v) is 2.42. The molecule has 0 amide bonds. The van der Waals surface area contributed by atoms with Crippen molar-refractivity contribution in [2.75, 3.05) is 26.1 Å². The highest BCUT2D eigenvalue weighted by atomic mass is 79.9. The van der Waals surface area contributed by atoms with Gasteiger partial charge in [-0.15, -0.1) is 0 Å². The Labute approximate surface area is 111 Å². The van der Waals surface area contributed by atoms with E-state index in [4.69, 9.17) is 9.47 Å². The molecule has 0 spiro atoms. The van der Waals surface area contributed by atoms with Gasteiger partial charge in [-0.05, 0) is 30.9 Å². The summed E-state index contributed by atoms with van der Waals surface area (Å²) in [4.78, 5) is 0. The van der Waals surface area contributed by atoms with Crippen LogP contribution >= 0.6 is 15.9 Å². The van der Waals surface area contributed by atoms with Gasteiger partial charge in [-0.1, -0.05) is 15.9 Å². The lowest BCUT2D eigenvalue weighted by Crippen LogP contribution is -2.27. The number of halogens is 1. The van der Waals surface area contributed by atoms with Gasteiger partial charge in [-0.3, -0.25) is 0 Å². The standard InChI is InChI=1S/C13H18BrNO2/c1-16-8-13(9-3-4-9)15-11-5-10(14)6-12(7-11)17-2/h5-7,9,13,15H,3-4,8H2,1-2H3. The normalized spacial score (nSPS) is 16.6. The minimum Gasteiger partial charge on any atom is -0.497 e. The van der Waals surface area contributed by atoms with Crippen LogP contribution in [0.1, 0.15) is 12.8 Å². The summed E-state index contributed by atoms with van der Waals surface area (Å²) in [6.45, 7) is 0.749. The lowest BCUT2D eigenvalue weighted by Gasteiger charge is -2.19. The van der Waals surface area contributed by atoms with E-state index < -0.39 is 0 Å². The monoisotopic (exact) mass is 299 g/mol. The second-order valence-corrected chi connectivity index (χ2v) is 5.34. The Morgan fingerprint density at radius 2 is 2.12 bits per heavy atom. The topological polar surface area (TPSA) is 30.5 Å². The Morgan fingerprint density at radius 1 is 1.35 bits per heavy atom. The van der Waals surface area contributed by atoms with E-state index in [9.17, 15) is 0 Å². The molecule has 1 saturated carbocycles. The summed E-state index contributed by atoms with van der Waals surface area (Å²) in [7, 11) is 3.43. The number of methoxy groups -OCH3 is 2. The van der Waals surface area contributed by atoms with Crippen molar-refractivity contribution in [1.29, 1.82) is 0 Å². The first-order chi connectivity index (χ1) is 8.22. The van der Waals surface area contributed by atoms with Crippen LogP contribution in [0.2, 0.25) is 0 Å². The smallest absolute Gasteiger partial charge is 0.122 e. The third kappa shape index (κ3) is 3.61. The molecule has 94 valence electrons. The molecule has 1 aliphatic rings. The van der Waals surface area contributed by atoms with Crippen LogP contribution in [-0.2, 0) is 4.74 Å². The molecule has 1 aromatic carbocycles. The maximum atomic E-state index is 5.26. The number of benzene rings is 1. The van der Waals surface area contributed by atoms with Crippen LogP contribution < -0.4 is 10.1 Å². The molecule has 2 rings (SSSR count). The molecule has 1 atom stereocenters. The van der Waals surface area contributed by atoms with E-state index in [0.29, 0.717) is 6.04 Å². The summed E-state index contributed by atoms with van der Waals surface area (Å²) in [6.07, 6.45) is 2.60. The number of anilines is 1. The molecule has 0 saturated heterocycles. The van der Waals surface area contributed by atoms with E-state index in [-0.39, 0.29) is 0 Å². The predicted molar refractivity (Wildman–Crippen MR) is 72.7 cm³/mol. The Kier molecular flexibility index (Phi) is 4.29. The van der Waals surface area contributed by atoms with E-state index in [1.807, 2.05) is 12.1 Å². The van der Waals surface area contributed by atoms with Crippen molar-refractivity contribution in [3.63, 3.8) is 0 Å². The van der Waals surface area contributed by atoms with Crippen LogP contribution in [0.5, 0.6) is 5.75 Å². The quantitative estimate of drug-likeness (QED) is 0.874. The lowest BCUT2D eigenvalue weighted by molar-refractivity contribution is 0.179. The molecular weight excluding hydrogens is 282 g/mol. The molecule has 0 radical (unpaired) electrons. The highest BCUT2D eigenvalue weighted by Gasteiger charge is 2.31. The van der Waals surface area contributed by atoms with Crippen LogP contribution in [0.4, 0.5) is 5.69 Å². The molecule has 1 aromatic rings. The Bertz CT molecular complexity index is 380. The van der Waals surface area contributed by atoms with Crippen molar-refractivity contribution >= 4 is 21.6 Å². The molecule has 0 bridgehead atoms. The van der Waals surface area contributed by atoms with Gasteiger partial charge in [0, 0.05) is 23.3 Å². The second-order valence-electron chi connectivity index (χ2n) is 4.42. The van der Waals surface area contributed by atoms with Crippen LogP contribution in [-0.4, -0.2) is 26.9 Å². The largest absolute Gasteiger partial charge is 0.497 e. The summed E-state index contributed by atoms with van der Waals surface area (Å²) in [5, 5.41) is 3.52. The van der Waals surface area contributed by atoms with Gasteiger partial charge in [0.05, 0.1) is 19.8 Å². The van der Waals surface area contributed by atoms with E-state index in [1.165, 1.54) is 12.8 Å². The van der Waals surface area contributed by atoms with Gasteiger partial charge < -0.3 is 14.8 Å². The molecule has 1 aliphatic carbocycles. The molecule has 1 unspecified atom stereocenters. The van der Waals surface area contributed by atoms with Crippen LogP contribution in [0, 0.1) is 5.92 Å². The zero-order valence-electron chi connectivity index (χ0n) is 10.2. The Balaban J connectivity index is 2.07. The first-order valence-electron chi connectivity index (χ1n) is 5.83. The SMILES string of the molecule is COCC(Nc1cc(Br)cc(OC)c1)C1CC1. The van der Waals surface area contributed by atoms with Crippen molar-refractivity contribution in [3.05, 3.63) is 22.7 Å². The third-order valence-electron chi connectivity index (χ3n) is 3.00. The zero-order chi connectivity index (χ0) is 12.3. The molecule has 0 heterocycles. The molecule has 3 nitrogen and oxygen atoms in total. The highest BCUT2D eigenvalue weighted by molar-refractivity contribution is 9.10. The molecule has 1 N–H and O–H groups in total. The molecule has 4 heteroatoms. The van der Waals surface area contributed by atoms with Crippen LogP contribution in [0.15, 0.2) is 22.7 Å². The fourth-order valence-electron chi connectivity index (χ4n) is 1.95. The van der Waals surface area contributed by atoms with Crippen molar-refractivity contribution in [3.8, 4) is 5.75 Å². The van der Waals surface area contributed by atoms with E-state index in [1.54, 1.807) is 14.2 Å². The Morgan fingerprint density at radius 3 is 2.71 bits per heavy atom. The fraction of sp³-hybridized carbons (Fsp3) is 0.538. The van der Waals surface area contributed by atoms with Crippen molar-refractivity contribution < 1.29 is 9.47 Å². The van der Waals surface area contributed by atoms with Crippen LogP contribution in [0.3, 0.4) is 0 Å². The van der Waals surface area contributed by atoms with E-state index >= 15 is 0 Å². The van der Waals surface area contributed by atoms with Gasteiger partial charge in [0.1, 0.15) is 5.75 Å². The Hall–Kier alpha value is -0.740. The summed E-state index contributed by atoms with van der Waals surface area (Å²) < 4.78 is 11.5. The van der Waals surface area contributed by atoms with Gasteiger partial charge >= 0.3 is 0 Å². The third-order valence-corrected chi connectivity index (χ3v) is 3.45. The minimum atomic E-state index is 0.402. The predicted octanol–water partition coefficient (Wildman–Crippen LogP) is 3.29. The van der Waals surface area contributed by atoms with Crippen LogP contribution in [0.25, 0.3) is 0 Å². The highest BCUT2D eigenvalue weighted by Crippen LogP contribution is 2.35. The average molecular weight is 300 g/mol. The average Bonchev–Trinajstić information content (AvgIpc) is 3.11. The number of hydrogen-bond donors (Lipinski definition) is 1. The molecular formula is C13H18BrNO2. The molecule has 0 aromatic heterocycles. The molecule has 0 aliphatic heterocycles. The van der Waals surface area contributed by atoms with Gasteiger partial charge in [-0.25, -0.2) is 0 Å². The van der Waals surface area contributed by atoms with Gasteiger partial charge in [0.2, 0.25) is 0 Å².